The standard InChI is InChI=1S/C16H22N2O5/c1-3-18(4-2)16(22)13-7-5-12(6-8-13)15(21)17-9-10-23-11-14(19)20/h5-8H,3-4,9-11H2,1-2H3,(H,17,21)(H,19,20). The summed E-state index contributed by atoms with van der Waals surface area (Å²) in [5, 5.41) is 11.0. The first-order valence-corrected chi connectivity index (χ1v) is 7.46. The predicted molar refractivity (Wildman–Crippen MR) is 84.5 cm³/mol. The highest BCUT2D eigenvalue weighted by molar-refractivity contribution is 5.97. The van der Waals surface area contributed by atoms with E-state index in [1.807, 2.05) is 13.8 Å². The minimum Gasteiger partial charge on any atom is -0.480 e. The molecule has 0 radical (unpaired) electrons. The molecule has 0 unspecified atom stereocenters. The van der Waals surface area contributed by atoms with Crippen molar-refractivity contribution in [2.24, 2.45) is 0 Å². The fourth-order valence-electron chi connectivity index (χ4n) is 1.96. The summed E-state index contributed by atoms with van der Waals surface area (Å²) in [6.45, 7) is 5.04. The maximum atomic E-state index is 12.1. The Hall–Kier alpha value is -2.41. The number of rotatable bonds is 9. The van der Waals surface area contributed by atoms with E-state index in [1.54, 1.807) is 29.2 Å². The number of carbonyl (C=O) groups excluding carboxylic acids is 2. The normalized spacial score (nSPS) is 10.2. The van der Waals surface area contributed by atoms with Gasteiger partial charge in [0, 0.05) is 30.8 Å². The van der Waals surface area contributed by atoms with Crippen LogP contribution in [0.15, 0.2) is 24.3 Å². The van der Waals surface area contributed by atoms with Crippen LogP contribution in [0.3, 0.4) is 0 Å². The Kier molecular flexibility index (Phi) is 7.76. The first-order valence-electron chi connectivity index (χ1n) is 7.46. The van der Waals surface area contributed by atoms with Crippen molar-refractivity contribution >= 4 is 17.8 Å². The molecule has 0 aliphatic heterocycles. The largest absolute Gasteiger partial charge is 0.480 e. The maximum absolute atomic E-state index is 12.1. The summed E-state index contributed by atoms with van der Waals surface area (Å²) in [7, 11) is 0. The molecule has 1 rings (SSSR count). The zero-order valence-electron chi connectivity index (χ0n) is 13.4. The fraction of sp³-hybridized carbons (Fsp3) is 0.438. The summed E-state index contributed by atoms with van der Waals surface area (Å²) in [5.41, 5.74) is 0.967. The van der Waals surface area contributed by atoms with Gasteiger partial charge in [0.2, 0.25) is 0 Å². The van der Waals surface area contributed by atoms with E-state index in [1.165, 1.54) is 0 Å². The highest BCUT2D eigenvalue weighted by atomic mass is 16.5. The highest BCUT2D eigenvalue weighted by Crippen LogP contribution is 2.08. The molecule has 0 saturated heterocycles. The number of carboxylic acids is 1. The van der Waals surface area contributed by atoms with Gasteiger partial charge in [-0.3, -0.25) is 9.59 Å². The molecule has 0 heterocycles. The lowest BCUT2D eigenvalue weighted by Crippen LogP contribution is -2.30. The van der Waals surface area contributed by atoms with Crippen molar-refractivity contribution in [1.82, 2.24) is 10.2 Å². The Morgan fingerprint density at radius 2 is 1.65 bits per heavy atom. The first-order chi connectivity index (χ1) is 11.0. The van der Waals surface area contributed by atoms with Gasteiger partial charge in [-0.15, -0.1) is 0 Å². The van der Waals surface area contributed by atoms with Crippen LogP contribution < -0.4 is 5.32 Å². The second-order valence-electron chi connectivity index (χ2n) is 4.76. The summed E-state index contributed by atoms with van der Waals surface area (Å²) in [6, 6.07) is 6.42. The van der Waals surface area contributed by atoms with Crippen molar-refractivity contribution < 1.29 is 24.2 Å². The third kappa shape index (κ3) is 6.07. The number of nitrogens with zero attached hydrogens (tertiary/aromatic N) is 1. The number of benzene rings is 1. The van der Waals surface area contributed by atoms with E-state index in [0.717, 1.165) is 0 Å². The minimum atomic E-state index is -1.05. The van der Waals surface area contributed by atoms with Crippen LogP contribution in [0.1, 0.15) is 34.6 Å². The molecule has 7 heteroatoms. The number of nitrogens with one attached hydrogen (secondary N) is 1. The van der Waals surface area contributed by atoms with Gasteiger partial charge in [-0.1, -0.05) is 0 Å². The van der Waals surface area contributed by atoms with E-state index in [2.05, 4.69) is 5.32 Å². The lowest BCUT2D eigenvalue weighted by atomic mass is 10.1. The molecule has 0 atom stereocenters. The summed E-state index contributed by atoms with van der Waals surface area (Å²) >= 11 is 0. The molecular formula is C16H22N2O5. The first kappa shape index (κ1) is 18.6. The molecule has 1 aromatic carbocycles. The van der Waals surface area contributed by atoms with Crippen molar-refractivity contribution in [2.75, 3.05) is 32.8 Å². The number of aliphatic carboxylic acids is 1. The molecule has 0 aromatic heterocycles. The predicted octanol–water partition coefficient (Wildman–Crippen LogP) is 1.000. The highest BCUT2D eigenvalue weighted by Gasteiger charge is 2.13. The monoisotopic (exact) mass is 322 g/mol. The lowest BCUT2D eigenvalue weighted by Gasteiger charge is -2.18. The Morgan fingerprint density at radius 3 is 2.17 bits per heavy atom. The van der Waals surface area contributed by atoms with Crippen molar-refractivity contribution in [1.29, 1.82) is 0 Å². The zero-order valence-corrected chi connectivity index (χ0v) is 13.4. The van der Waals surface area contributed by atoms with Crippen LogP contribution in [0.5, 0.6) is 0 Å². The second kappa shape index (κ2) is 9.58. The molecule has 2 amide bonds. The van der Waals surface area contributed by atoms with Crippen molar-refractivity contribution in [2.45, 2.75) is 13.8 Å². The average Bonchev–Trinajstić information content (AvgIpc) is 2.55. The molecule has 7 nitrogen and oxygen atoms in total. The molecule has 23 heavy (non-hydrogen) atoms. The molecule has 0 spiro atoms. The molecule has 0 fully saturated rings. The van der Waals surface area contributed by atoms with Crippen LogP contribution in [0.25, 0.3) is 0 Å². The second-order valence-corrected chi connectivity index (χ2v) is 4.76. The number of hydrogen-bond acceptors (Lipinski definition) is 4. The topological polar surface area (TPSA) is 95.9 Å². The van der Waals surface area contributed by atoms with Gasteiger partial charge in [-0.05, 0) is 38.1 Å². The third-order valence-corrected chi connectivity index (χ3v) is 3.20. The molecule has 1 aromatic rings. The van der Waals surface area contributed by atoms with Gasteiger partial charge in [-0.25, -0.2) is 4.79 Å². The van der Waals surface area contributed by atoms with E-state index in [0.29, 0.717) is 24.2 Å². The van der Waals surface area contributed by atoms with Gasteiger partial charge in [-0.2, -0.15) is 0 Å². The Labute approximate surface area is 135 Å². The van der Waals surface area contributed by atoms with Crippen LogP contribution in [0.2, 0.25) is 0 Å². The molecule has 0 saturated carbocycles. The van der Waals surface area contributed by atoms with E-state index >= 15 is 0 Å². The van der Waals surface area contributed by atoms with Gasteiger partial charge >= 0.3 is 5.97 Å². The molecule has 2 N–H and O–H groups in total. The van der Waals surface area contributed by atoms with Gasteiger partial charge in [0.1, 0.15) is 6.61 Å². The maximum Gasteiger partial charge on any atom is 0.329 e. The Morgan fingerprint density at radius 1 is 1.09 bits per heavy atom. The van der Waals surface area contributed by atoms with Crippen LogP contribution in [0, 0.1) is 0 Å². The summed E-state index contributed by atoms with van der Waals surface area (Å²) < 4.78 is 4.82. The molecule has 0 aliphatic carbocycles. The average molecular weight is 322 g/mol. The lowest BCUT2D eigenvalue weighted by molar-refractivity contribution is -0.142. The molecule has 126 valence electrons. The van der Waals surface area contributed by atoms with Crippen molar-refractivity contribution in [3.63, 3.8) is 0 Å². The summed E-state index contributed by atoms with van der Waals surface area (Å²) in [6.07, 6.45) is 0. The van der Waals surface area contributed by atoms with E-state index < -0.39 is 12.6 Å². The number of carbonyl (C=O) groups is 3. The quantitative estimate of drug-likeness (QED) is 0.661. The number of hydrogen-bond donors (Lipinski definition) is 2. The number of ether oxygens (including phenoxy) is 1. The smallest absolute Gasteiger partial charge is 0.329 e. The van der Waals surface area contributed by atoms with Crippen LogP contribution in [-0.2, 0) is 9.53 Å². The van der Waals surface area contributed by atoms with Crippen LogP contribution >= 0.6 is 0 Å². The van der Waals surface area contributed by atoms with Crippen LogP contribution in [-0.4, -0.2) is 60.6 Å². The fourth-order valence-corrected chi connectivity index (χ4v) is 1.96. The SMILES string of the molecule is CCN(CC)C(=O)c1ccc(C(=O)NCCOCC(=O)O)cc1. The number of amides is 2. The molecule has 0 bridgehead atoms. The van der Waals surface area contributed by atoms with Gasteiger partial charge in [0.15, 0.2) is 0 Å². The summed E-state index contributed by atoms with van der Waals surface area (Å²) in [4.78, 5) is 36.0. The Bertz CT molecular complexity index is 538. The third-order valence-electron chi connectivity index (χ3n) is 3.20. The van der Waals surface area contributed by atoms with E-state index in [9.17, 15) is 14.4 Å². The summed E-state index contributed by atoms with van der Waals surface area (Å²) in [5.74, 6) is -1.42. The van der Waals surface area contributed by atoms with Crippen molar-refractivity contribution in [3.05, 3.63) is 35.4 Å². The minimum absolute atomic E-state index is 0.0657. The number of carboxylic acid groups (broad SMARTS) is 1. The Balaban J connectivity index is 2.51. The van der Waals surface area contributed by atoms with E-state index in [4.69, 9.17) is 9.84 Å². The molecule has 0 aliphatic rings. The van der Waals surface area contributed by atoms with Crippen molar-refractivity contribution in [3.8, 4) is 0 Å². The van der Waals surface area contributed by atoms with E-state index in [-0.39, 0.29) is 25.0 Å². The van der Waals surface area contributed by atoms with Gasteiger partial charge < -0.3 is 20.1 Å². The molecular weight excluding hydrogens is 300 g/mol. The zero-order chi connectivity index (χ0) is 17.2. The van der Waals surface area contributed by atoms with Gasteiger partial charge in [0.05, 0.1) is 6.61 Å². The van der Waals surface area contributed by atoms with Crippen LogP contribution in [0.4, 0.5) is 0 Å². The van der Waals surface area contributed by atoms with Gasteiger partial charge in [0.25, 0.3) is 11.8 Å².